The van der Waals surface area contributed by atoms with Crippen molar-refractivity contribution in [2.45, 2.75) is 25.9 Å². The Bertz CT molecular complexity index is 703. The number of hydrogen-bond donors (Lipinski definition) is 2. The van der Waals surface area contributed by atoms with Crippen LogP contribution in [-0.4, -0.2) is 35.2 Å². The Morgan fingerprint density at radius 3 is 2.72 bits per heavy atom. The van der Waals surface area contributed by atoms with Crippen molar-refractivity contribution in [1.29, 1.82) is 0 Å². The Labute approximate surface area is 148 Å². The number of carbonyl (C=O) groups excluding carboxylic acids is 1. The van der Waals surface area contributed by atoms with E-state index in [1.54, 1.807) is 17.9 Å². The van der Waals surface area contributed by atoms with Crippen molar-refractivity contribution < 1.29 is 14.6 Å². The van der Waals surface area contributed by atoms with Crippen molar-refractivity contribution in [2.75, 3.05) is 18.4 Å². The van der Waals surface area contributed by atoms with E-state index in [0.29, 0.717) is 18.0 Å². The highest BCUT2D eigenvalue weighted by molar-refractivity contribution is 5.89. The Hall–Kier alpha value is -2.53. The van der Waals surface area contributed by atoms with Crippen LogP contribution in [0.2, 0.25) is 0 Å². The van der Waals surface area contributed by atoms with Gasteiger partial charge in [0, 0.05) is 30.8 Å². The van der Waals surface area contributed by atoms with Gasteiger partial charge < -0.3 is 20.1 Å². The second-order valence-electron chi connectivity index (χ2n) is 6.46. The smallest absolute Gasteiger partial charge is 0.321 e. The predicted molar refractivity (Wildman–Crippen MR) is 98.0 cm³/mol. The van der Waals surface area contributed by atoms with Gasteiger partial charge in [0.05, 0.1) is 6.10 Å². The summed E-state index contributed by atoms with van der Waals surface area (Å²) in [5, 5.41) is 12.7. The van der Waals surface area contributed by atoms with Crippen molar-refractivity contribution in [3.63, 3.8) is 0 Å². The van der Waals surface area contributed by atoms with E-state index in [0.717, 1.165) is 25.1 Å². The second-order valence-corrected chi connectivity index (χ2v) is 6.46. The Kier molecular flexibility index (Phi) is 5.56. The lowest BCUT2D eigenvalue weighted by Crippen LogP contribution is -2.44. The number of piperidine rings is 1. The van der Waals surface area contributed by atoms with Crippen LogP contribution in [0.3, 0.4) is 0 Å². The van der Waals surface area contributed by atoms with Gasteiger partial charge in [-0.2, -0.15) is 0 Å². The molecular weight excluding hydrogens is 316 g/mol. The van der Waals surface area contributed by atoms with Crippen LogP contribution < -0.4 is 10.1 Å². The zero-order chi connectivity index (χ0) is 17.6. The maximum Gasteiger partial charge on any atom is 0.321 e. The molecule has 1 saturated heterocycles. The number of nitrogens with one attached hydrogen (secondary N) is 1. The van der Waals surface area contributed by atoms with Crippen molar-refractivity contribution >= 4 is 11.7 Å². The minimum absolute atomic E-state index is 0.137. The molecule has 2 aromatic carbocycles. The lowest BCUT2D eigenvalue weighted by atomic mass is 9.94. The molecule has 2 amide bonds. The number of hydrogen-bond acceptors (Lipinski definition) is 3. The van der Waals surface area contributed by atoms with E-state index in [2.05, 4.69) is 5.32 Å². The van der Waals surface area contributed by atoms with Crippen LogP contribution in [-0.2, 0) is 0 Å². The highest BCUT2D eigenvalue weighted by atomic mass is 16.5. The Balaban J connectivity index is 1.62. The first-order valence-electron chi connectivity index (χ1n) is 8.69. The molecule has 3 rings (SSSR count). The zero-order valence-corrected chi connectivity index (χ0v) is 14.4. The quantitative estimate of drug-likeness (QED) is 0.881. The number of anilines is 1. The molecule has 0 bridgehead atoms. The number of likely N-dealkylation sites (tertiary alicyclic amines) is 1. The molecule has 0 radical (unpaired) electrons. The van der Waals surface area contributed by atoms with Gasteiger partial charge in [-0.05, 0) is 44.0 Å². The molecule has 0 aliphatic carbocycles. The van der Waals surface area contributed by atoms with E-state index in [4.69, 9.17) is 4.74 Å². The van der Waals surface area contributed by atoms with E-state index in [9.17, 15) is 9.90 Å². The molecule has 2 aromatic rings. The predicted octanol–water partition coefficient (Wildman–Crippen LogP) is 4.10. The van der Waals surface area contributed by atoms with Crippen molar-refractivity contribution in [3.8, 4) is 11.5 Å². The van der Waals surface area contributed by atoms with Crippen LogP contribution in [0.15, 0.2) is 54.6 Å². The minimum atomic E-state index is -0.391. The summed E-state index contributed by atoms with van der Waals surface area (Å²) in [5.41, 5.74) is 0.692. The molecule has 5 heteroatoms. The topological polar surface area (TPSA) is 61.8 Å². The van der Waals surface area contributed by atoms with Gasteiger partial charge in [-0.15, -0.1) is 0 Å². The molecule has 5 nitrogen and oxygen atoms in total. The van der Waals surface area contributed by atoms with E-state index in [-0.39, 0.29) is 11.9 Å². The summed E-state index contributed by atoms with van der Waals surface area (Å²) >= 11 is 0. The lowest BCUT2D eigenvalue weighted by Gasteiger charge is -2.34. The molecular formula is C20H24N2O3. The third-order valence-electron chi connectivity index (χ3n) is 4.49. The summed E-state index contributed by atoms with van der Waals surface area (Å²) in [4.78, 5) is 14.3. The van der Waals surface area contributed by atoms with Crippen LogP contribution >= 0.6 is 0 Å². The van der Waals surface area contributed by atoms with Crippen molar-refractivity contribution in [1.82, 2.24) is 4.90 Å². The maximum atomic E-state index is 12.5. The fourth-order valence-corrected chi connectivity index (χ4v) is 3.05. The van der Waals surface area contributed by atoms with Crippen LogP contribution in [0.5, 0.6) is 11.5 Å². The SMILES string of the molecule is CC(O)C1CCCN(C(=O)Nc2cccc(Oc3ccccc3)c2)C1. The van der Waals surface area contributed by atoms with Crippen LogP contribution in [0.4, 0.5) is 10.5 Å². The summed E-state index contributed by atoms with van der Waals surface area (Å²) in [7, 11) is 0. The Morgan fingerprint density at radius 1 is 1.20 bits per heavy atom. The van der Waals surface area contributed by atoms with Crippen molar-refractivity contribution in [3.05, 3.63) is 54.6 Å². The molecule has 132 valence electrons. The van der Waals surface area contributed by atoms with E-state index in [1.807, 2.05) is 48.5 Å². The molecule has 1 fully saturated rings. The number of amides is 2. The first-order valence-corrected chi connectivity index (χ1v) is 8.69. The number of urea groups is 1. The highest BCUT2D eigenvalue weighted by Crippen LogP contribution is 2.25. The fraction of sp³-hybridized carbons (Fsp3) is 0.350. The summed E-state index contributed by atoms with van der Waals surface area (Å²) < 4.78 is 5.80. The summed E-state index contributed by atoms with van der Waals surface area (Å²) in [6, 6.07) is 16.7. The number of benzene rings is 2. The molecule has 2 N–H and O–H groups in total. The fourth-order valence-electron chi connectivity index (χ4n) is 3.05. The Morgan fingerprint density at radius 2 is 1.96 bits per heavy atom. The number of aliphatic hydroxyl groups is 1. The largest absolute Gasteiger partial charge is 0.457 e. The highest BCUT2D eigenvalue weighted by Gasteiger charge is 2.26. The van der Waals surface area contributed by atoms with Gasteiger partial charge in [-0.1, -0.05) is 24.3 Å². The van der Waals surface area contributed by atoms with Gasteiger partial charge in [0.1, 0.15) is 11.5 Å². The normalized spacial score (nSPS) is 18.5. The molecule has 1 heterocycles. The van der Waals surface area contributed by atoms with E-state index < -0.39 is 6.10 Å². The second kappa shape index (κ2) is 8.03. The summed E-state index contributed by atoms with van der Waals surface area (Å²) in [6.45, 7) is 3.09. The van der Waals surface area contributed by atoms with Gasteiger partial charge >= 0.3 is 6.03 Å². The standard InChI is InChI=1S/C20H24N2O3/c1-15(23)16-7-6-12-22(14-16)20(24)21-17-8-5-11-19(13-17)25-18-9-3-2-4-10-18/h2-5,8-11,13,15-16,23H,6-7,12,14H2,1H3,(H,21,24). The maximum absolute atomic E-state index is 12.5. The summed E-state index contributed by atoms with van der Waals surface area (Å²) in [5.74, 6) is 1.57. The number of rotatable bonds is 4. The molecule has 2 unspecified atom stereocenters. The molecule has 0 aromatic heterocycles. The number of ether oxygens (including phenoxy) is 1. The van der Waals surface area contributed by atoms with Crippen LogP contribution in [0.1, 0.15) is 19.8 Å². The third-order valence-corrected chi connectivity index (χ3v) is 4.49. The average molecular weight is 340 g/mol. The number of aliphatic hydroxyl groups excluding tert-OH is 1. The monoisotopic (exact) mass is 340 g/mol. The molecule has 1 aliphatic rings. The van der Waals surface area contributed by atoms with Gasteiger partial charge in [-0.3, -0.25) is 0 Å². The molecule has 0 spiro atoms. The van der Waals surface area contributed by atoms with Gasteiger partial charge in [0.15, 0.2) is 0 Å². The van der Waals surface area contributed by atoms with Crippen molar-refractivity contribution in [2.24, 2.45) is 5.92 Å². The third kappa shape index (κ3) is 4.73. The summed E-state index contributed by atoms with van der Waals surface area (Å²) in [6.07, 6.45) is 1.49. The molecule has 25 heavy (non-hydrogen) atoms. The number of carbonyl (C=O) groups is 1. The van der Waals surface area contributed by atoms with E-state index >= 15 is 0 Å². The van der Waals surface area contributed by atoms with Crippen LogP contribution in [0, 0.1) is 5.92 Å². The minimum Gasteiger partial charge on any atom is -0.457 e. The van der Waals surface area contributed by atoms with Gasteiger partial charge in [-0.25, -0.2) is 4.79 Å². The molecule has 2 atom stereocenters. The lowest BCUT2D eigenvalue weighted by molar-refractivity contribution is 0.0766. The molecule has 1 aliphatic heterocycles. The average Bonchev–Trinajstić information content (AvgIpc) is 2.63. The number of nitrogens with zero attached hydrogens (tertiary/aromatic N) is 1. The first kappa shape index (κ1) is 17.3. The van der Waals surface area contributed by atoms with Crippen LogP contribution in [0.25, 0.3) is 0 Å². The van der Waals surface area contributed by atoms with Gasteiger partial charge in [0.25, 0.3) is 0 Å². The number of para-hydroxylation sites is 1. The zero-order valence-electron chi connectivity index (χ0n) is 14.4. The van der Waals surface area contributed by atoms with Gasteiger partial charge in [0.2, 0.25) is 0 Å². The van der Waals surface area contributed by atoms with E-state index in [1.165, 1.54) is 0 Å². The first-order chi connectivity index (χ1) is 12.1. The molecule has 0 saturated carbocycles.